The number of benzene rings is 1. The second kappa shape index (κ2) is 6.89. The van der Waals surface area contributed by atoms with Gasteiger partial charge in [-0.3, -0.25) is 9.59 Å². The SMILES string of the molecule is O=C(N1C[C@H]2COCC[C@@]2(C(=O)O)C1)C1(c2cccc(F)c2)CCCCC1. The van der Waals surface area contributed by atoms with Gasteiger partial charge in [-0.05, 0) is 37.0 Å². The third kappa shape index (κ3) is 2.94. The molecule has 1 aromatic carbocycles. The van der Waals surface area contributed by atoms with Crippen molar-refractivity contribution < 1.29 is 23.8 Å². The van der Waals surface area contributed by atoms with Crippen molar-refractivity contribution in [1.82, 2.24) is 4.90 Å². The number of aliphatic carboxylic acids is 1. The number of carbonyl (C=O) groups is 2. The topological polar surface area (TPSA) is 66.8 Å². The number of carboxylic acids is 1. The van der Waals surface area contributed by atoms with Gasteiger partial charge in [-0.1, -0.05) is 31.4 Å². The number of likely N-dealkylation sites (tertiary alicyclic amines) is 1. The first-order valence-corrected chi connectivity index (χ1v) is 9.85. The van der Waals surface area contributed by atoms with E-state index in [4.69, 9.17) is 4.74 Å². The normalized spacial score (nSPS) is 30.0. The first-order valence-electron chi connectivity index (χ1n) is 9.85. The van der Waals surface area contributed by atoms with E-state index in [9.17, 15) is 19.1 Å². The minimum absolute atomic E-state index is 0.0391. The van der Waals surface area contributed by atoms with Crippen LogP contribution in [0.2, 0.25) is 0 Å². The molecule has 2 heterocycles. The van der Waals surface area contributed by atoms with Gasteiger partial charge < -0.3 is 14.7 Å². The van der Waals surface area contributed by atoms with Crippen LogP contribution in [-0.4, -0.2) is 48.2 Å². The van der Waals surface area contributed by atoms with E-state index in [0.29, 0.717) is 39.0 Å². The molecule has 2 atom stereocenters. The highest BCUT2D eigenvalue weighted by Crippen LogP contribution is 2.47. The second-order valence-electron chi connectivity index (χ2n) is 8.32. The summed E-state index contributed by atoms with van der Waals surface area (Å²) in [5.74, 6) is -1.39. The smallest absolute Gasteiger partial charge is 0.311 e. The molecule has 1 saturated carbocycles. The lowest BCUT2D eigenvalue weighted by atomic mass is 9.68. The molecule has 0 aromatic heterocycles. The standard InChI is InChI=1S/C21H26FNO4/c22-17-6-4-5-15(11-17)20(7-2-1-3-8-20)18(24)23-12-16-13-27-10-9-21(16,14-23)19(25)26/h4-6,11,16H,1-3,7-10,12-14H2,(H,25,26)/t16-,21+/m0/s1. The summed E-state index contributed by atoms with van der Waals surface area (Å²) in [5.41, 5.74) is -0.928. The maximum absolute atomic E-state index is 13.9. The molecule has 5 nitrogen and oxygen atoms in total. The number of amides is 1. The van der Waals surface area contributed by atoms with E-state index in [1.54, 1.807) is 11.0 Å². The van der Waals surface area contributed by atoms with E-state index in [2.05, 4.69) is 0 Å². The third-order valence-corrected chi connectivity index (χ3v) is 6.91. The Hall–Kier alpha value is -1.95. The molecule has 0 radical (unpaired) electrons. The summed E-state index contributed by atoms with van der Waals surface area (Å²) in [6.07, 6.45) is 4.73. The number of halogens is 1. The summed E-state index contributed by atoms with van der Waals surface area (Å²) in [5, 5.41) is 9.88. The highest BCUT2D eigenvalue weighted by Gasteiger charge is 2.57. The first-order chi connectivity index (χ1) is 13.0. The van der Waals surface area contributed by atoms with Crippen LogP contribution in [0.4, 0.5) is 4.39 Å². The van der Waals surface area contributed by atoms with E-state index in [0.717, 1.165) is 24.8 Å². The molecular weight excluding hydrogens is 349 g/mol. The number of ether oxygens (including phenoxy) is 1. The Morgan fingerprint density at radius 1 is 1.19 bits per heavy atom. The molecule has 1 N–H and O–H groups in total. The Balaban J connectivity index is 1.68. The fourth-order valence-electron chi connectivity index (χ4n) is 5.32. The quantitative estimate of drug-likeness (QED) is 0.882. The molecule has 1 amide bonds. The number of hydrogen-bond donors (Lipinski definition) is 1. The number of carbonyl (C=O) groups excluding carboxylic acids is 1. The minimum Gasteiger partial charge on any atom is -0.481 e. The van der Waals surface area contributed by atoms with Crippen molar-refractivity contribution in [3.05, 3.63) is 35.6 Å². The highest BCUT2D eigenvalue weighted by molar-refractivity contribution is 5.90. The summed E-state index contributed by atoms with van der Waals surface area (Å²) in [6.45, 7) is 1.43. The molecule has 6 heteroatoms. The zero-order valence-electron chi connectivity index (χ0n) is 15.5. The lowest BCUT2D eigenvalue weighted by Crippen LogP contribution is -2.49. The number of fused-ring (bicyclic) bond motifs is 1. The van der Waals surface area contributed by atoms with E-state index >= 15 is 0 Å². The molecule has 4 rings (SSSR count). The number of hydrogen-bond acceptors (Lipinski definition) is 3. The third-order valence-electron chi connectivity index (χ3n) is 6.91. The molecule has 1 aromatic rings. The van der Waals surface area contributed by atoms with Crippen molar-refractivity contribution in [2.45, 2.75) is 43.9 Å². The van der Waals surface area contributed by atoms with Gasteiger partial charge in [0.2, 0.25) is 5.91 Å². The maximum Gasteiger partial charge on any atom is 0.311 e. The summed E-state index contributed by atoms with van der Waals surface area (Å²) in [7, 11) is 0. The summed E-state index contributed by atoms with van der Waals surface area (Å²) >= 11 is 0. The summed E-state index contributed by atoms with van der Waals surface area (Å²) in [6, 6.07) is 6.37. The molecule has 0 bridgehead atoms. The van der Waals surface area contributed by atoms with Gasteiger partial charge in [0.15, 0.2) is 0 Å². The highest BCUT2D eigenvalue weighted by atomic mass is 19.1. The number of nitrogens with zero attached hydrogens (tertiary/aromatic N) is 1. The average molecular weight is 375 g/mol. The van der Waals surface area contributed by atoms with Gasteiger partial charge in [0, 0.05) is 25.6 Å². The molecule has 27 heavy (non-hydrogen) atoms. The predicted molar refractivity (Wildman–Crippen MR) is 96.7 cm³/mol. The van der Waals surface area contributed by atoms with Gasteiger partial charge in [0.1, 0.15) is 5.82 Å². The van der Waals surface area contributed by atoms with Crippen molar-refractivity contribution in [1.29, 1.82) is 0 Å². The van der Waals surface area contributed by atoms with Gasteiger partial charge in [-0.25, -0.2) is 4.39 Å². The van der Waals surface area contributed by atoms with Crippen molar-refractivity contribution in [2.75, 3.05) is 26.3 Å². The van der Waals surface area contributed by atoms with Crippen LogP contribution in [0, 0.1) is 17.2 Å². The van der Waals surface area contributed by atoms with Crippen LogP contribution in [-0.2, 0) is 19.7 Å². The summed E-state index contributed by atoms with van der Waals surface area (Å²) in [4.78, 5) is 27.5. The van der Waals surface area contributed by atoms with E-state index < -0.39 is 16.8 Å². The molecule has 0 spiro atoms. The second-order valence-corrected chi connectivity index (χ2v) is 8.32. The zero-order chi connectivity index (χ0) is 19.1. The van der Waals surface area contributed by atoms with Crippen LogP contribution in [0.5, 0.6) is 0 Å². The largest absolute Gasteiger partial charge is 0.481 e. The average Bonchev–Trinajstić information content (AvgIpc) is 3.09. The molecule has 1 aliphatic carbocycles. The first kappa shape index (κ1) is 18.4. The number of carboxylic acid groups (broad SMARTS) is 1. The van der Waals surface area contributed by atoms with E-state index in [-0.39, 0.29) is 24.2 Å². The van der Waals surface area contributed by atoms with Crippen LogP contribution in [0.15, 0.2) is 24.3 Å². The van der Waals surface area contributed by atoms with Crippen LogP contribution >= 0.6 is 0 Å². The lowest BCUT2D eigenvalue weighted by molar-refractivity contribution is -0.157. The molecular formula is C21H26FNO4. The summed E-state index contributed by atoms with van der Waals surface area (Å²) < 4.78 is 19.4. The van der Waals surface area contributed by atoms with Crippen molar-refractivity contribution in [2.24, 2.45) is 11.3 Å². The minimum atomic E-state index is -0.911. The number of rotatable bonds is 3. The molecule has 3 fully saturated rings. The van der Waals surface area contributed by atoms with Crippen LogP contribution in [0.1, 0.15) is 44.1 Å². The van der Waals surface area contributed by atoms with Gasteiger partial charge in [-0.15, -0.1) is 0 Å². The molecule has 0 unspecified atom stereocenters. The fourth-order valence-corrected chi connectivity index (χ4v) is 5.32. The van der Waals surface area contributed by atoms with Crippen molar-refractivity contribution in [3.63, 3.8) is 0 Å². The van der Waals surface area contributed by atoms with Gasteiger partial charge >= 0.3 is 5.97 Å². The Labute approximate surface area is 158 Å². The van der Waals surface area contributed by atoms with E-state index in [1.807, 2.05) is 6.07 Å². The van der Waals surface area contributed by atoms with Gasteiger partial charge in [-0.2, -0.15) is 0 Å². The van der Waals surface area contributed by atoms with Crippen LogP contribution in [0.3, 0.4) is 0 Å². The lowest BCUT2D eigenvalue weighted by Gasteiger charge is -2.39. The van der Waals surface area contributed by atoms with Gasteiger partial charge in [0.05, 0.1) is 17.4 Å². The van der Waals surface area contributed by atoms with Crippen LogP contribution < -0.4 is 0 Å². The monoisotopic (exact) mass is 375 g/mol. The molecule has 2 aliphatic heterocycles. The molecule has 146 valence electrons. The Bertz CT molecular complexity index is 745. The molecule has 2 saturated heterocycles. The fraction of sp³-hybridized carbons (Fsp3) is 0.619. The predicted octanol–water partition coefficient (Wildman–Crippen LogP) is 2.98. The molecule has 3 aliphatic rings. The Morgan fingerprint density at radius 3 is 2.63 bits per heavy atom. The van der Waals surface area contributed by atoms with Crippen molar-refractivity contribution >= 4 is 11.9 Å². The maximum atomic E-state index is 13.9. The van der Waals surface area contributed by atoms with E-state index in [1.165, 1.54) is 12.1 Å². The Morgan fingerprint density at radius 2 is 1.96 bits per heavy atom. The van der Waals surface area contributed by atoms with Crippen molar-refractivity contribution in [3.8, 4) is 0 Å². The zero-order valence-corrected chi connectivity index (χ0v) is 15.5. The van der Waals surface area contributed by atoms with Crippen LogP contribution in [0.25, 0.3) is 0 Å². The van der Waals surface area contributed by atoms with Gasteiger partial charge in [0.25, 0.3) is 0 Å². The Kier molecular flexibility index (Phi) is 4.70.